The number of likely N-dealkylation sites (N-methyl/N-ethyl adjacent to an activating group) is 1. The fourth-order valence-electron chi connectivity index (χ4n) is 7.25. The van der Waals surface area contributed by atoms with Gasteiger partial charge in [-0.05, 0) is 48.1 Å². The number of nitrogens with zero attached hydrogens (tertiary/aromatic N) is 1. The monoisotopic (exact) mass is 875 g/mol. The van der Waals surface area contributed by atoms with Crippen LogP contribution in [-0.2, 0) is 51.2 Å². The van der Waals surface area contributed by atoms with E-state index in [2.05, 4.69) is 37.2 Å². The maximum absolute atomic E-state index is 14.5. The molecule has 16 nitrogen and oxygen atoms in total. The van der Waals surface area contributed by atoms with Gasteiger partial charge in [0.1, 0.15) is 42.3 Å². The van der Waals surface area contributed by atoms with E-state index in [-0.39, 0.29) is 25.2 Å². The van der Waals surface area contributed by atoms with E-state index < -0.39 is 114 Å². The number of amides is 8. The molecule has 1 aliphatic heterocycles. The minimum Gasteiger partial charge on any atom is -0.345 e. The minimum atomic E-state index is -1.18. The molecule has 0 radical (unpaired) electrons. The molecule has 1 fully saturated rings. The Hall–Kier alpha value is -5.80. The Morgan fingerprint density at radius 2 is 1.00 bits per heavy atom. The van der Waals surface area contributed by atoms with Crippen molar-refractivity contribution in [2.24, 2.45) is 23.7 Å². The van der Waals surface area contributed by atoms with Crippen LogP contribution in [0, 0.1) is 23.7 Å². The van der Waals surface area contributed by atoms with Crippen LogP contribution in [0.1, 0.15) is 92.7 Å². The van der Waals surface area contributed by atoms with E-state index in [0.29, 0.717) is 12.8 Å². The maximum Gasteiger partial charge on any atom is 0.245 e. The van der Waals surface area contributed by atoms with Crippen molar-refractivity contribution in [2.45, 2.75) is 137 Å². The molecule has 3 rings (SSSR count). The molecule has 2 aromatic carbocycles. The van der Waals surface area contributed by atoms with Gasteiger partial charge in [0, 0.05) is 19.9 Å². The molecule has 0 saturated carbocycles. The zero-order chi connectivity index (χ0) is 47.0. The van der Waals surface area contributed by atoms with Crippen molar-refractivity contribution >= 4 is 47.3 Å². The first-order valence-corrected chi connectivity index (χ1v) is 22.2. The molecular formula is C47H70N8O8. The molecule has 1 saturated heterocycles. The highest BCUT2D eigenvalue weighted by Crippen LogP contribution is 2.18. The highest BCUT2D eigenvalue weighted by molar-refractivity contribution is 5.98. The topological polar surface area (TPSA) is 224 Å². The van der Waals surface area contributed by atoms with Gasteiger partial charge in [-0.15, -0.1) is 0 Å². The van der Waals surface area contributed by atoms with Crippen LogP contribution in [0.15, 0.2) is 60.7 Å². The lowest BCUT2D eigenvalue weighted by atomic mass is 9.94. The molecule has 1 heterocycles. The van der Waals surface area contributed by atoms with Crippen molar-refractivity contribution in [2.75, 3.05) is 13.6 Å². The van der Waals surface area contributed by atoms with E-state index in [9.17, 15) is 38.4 Å². The summed E-state index contributed by atoms with van der Waals surface area (Å²) < 4.78 is 0. The molecule has 346 valence electrons. The van der Waals surface area contributed by atoms with E-state index in [1.807, 2.05) is 39.8 Å². The van der Waals surface area contributed by atoms with E-state index in [4.69, 9.17) is 0 Å². The van der Waals surface area contributed by atoms with Crippen LogP contribution in [0.2, 0.25) is 0 Å². The lowest BCUT2D eigenvalue weighted by molar-refractivity contribution is -0.144. The number of hydrogen-bond acceptors (Lipinski definition) is 8. The second kappa shape index (κ2) is 24.7. The van der Waals surface area contributed by atoms with Gasteiger partial charge < -0.3 is 42.1 Å². The summed E-state index contributed by atoms with van der Waals surface area (Å²) in [5, 5.41) is 19.2. The van der Waals surface area contributed by atoms with Crippen LogP contribution in [0.3, 0.4) is 0 Å². The summed E-state index contributed by atoms with van der Waals surface area (Å²) in [5.41, 5.74) is 1.45. The molecule has 9 atom stereocenters. The standard InChI is InChI=1S/C47H70N8O8/c1-11-29(7)39-45(61)48-26-37(56)49-31(9)41(57)50-34(24-32-19-15-13-16-20-32)42(58)54-40(30(8)12-2)46(62)52-38(28(5)6)47(63)55(10)36(23-27(3)4)44(60)51-35(43(59)53-39)25-33-21-17-14-18-22-33/h13-22,27-31,34-36,38-40H,11-12,23-26H2,1-10H3,(H,48,61)(H,49,56)(H,50,57)(H,51,60)(H,52,62)(H,53,59)(H,54,58)/t29-,30-,31+,34-,35-,36-,38+,39-,40-/m0/s1. The summed E-state index contributed by atoms with van der Waals surface area (Å²) >= 11 is 0. The highest BCUT2D eigenvalue weighted by atomic mass is 16.2. The summed E-state index contributed by atoms with van der Waals surface area (Å²) in [4.78, 5) is 113. The lowest BCUT2D eigenvalue weighted by Crippen LogP contribution is -2.62. The molecule has 63 heavy (non-hydrogen) atoms. The molecule has 0 spiro atoms. The average Bonchev–Trinajstić information content (AvgIpc) is 3.25. The maximum atomic E-state index is 14.5. The van der Waals surface area contributed by atoms with E-state index in [1.165, 1.54) is 18.9 Å². The predicted octanol–water partition coefficient (Wildman–Crippen LogP) is 2.15. The molecule has 0 bridgehead atoms. The Morgan fingerprint density at radius 1 is 0.556 bits per heavy atom. The third-order valence-electron chi connectivity index (χ3n) is 11.7. The van der Waals surface area contributed by atoms with Gasteiger partial charge in [0.2, 0.25) is 47.3 Å². The molecule has 0 aliphatic carbocycles. The Morgan fingerprint density at radius 3 is 1.44 bits per heavy atom. The van der Waals surface area contributed by atoms with Crippen LogP contribution >= 0.6 is 0 Å². The zero-order valence-corrected chi connectivity index (χ0v) is 38.6. The fraction of sp³-hybridized carbons (Fsp3) is 0.574. The van der Waals surface area contributed by atoms with Crippen molar-refractivity contribution in [1.82, 2.24) is 42.1 Å². The SMILES string of the molecule is CC[C@H](C)[C@@H]1NC(=O)[C@H](Cc2ccccc2)NC(=O)[C@H](CC(C)C)N(C)C(=O)[C@@H](C(C)C)NC(=O)[C@H]([C@@H](C)CC)NC(=O)[C@H](Cc2ccccc2)NC(=O)[C@@H](C)NC(=O)CNC1=O. The zero-order valence-electron chi connectivity index (χ0n) is 38.6. The van der Waals surface area contributed by atoms with Crippen molar-refractivity contribution in [3.8, 4) is 0 Å². The van der Waals surface area contributed by atoms with E-state index >= 15 is 0 Å². The van der Waals surface area contributed by atoms with Crippen LogP contribution in [-0.4, -0.2) is 108 Å². The Bertz CT molecular complexity index is 1880. The normalized spacial score (nSPS) is 25.4. The first-order chi connectivity index (χ1) is 29.8. The number of carbonyl (C=O) groups excluding carboxylic acids is 8. The van der Waals surface area contributed by atoms with Gasteiger partial charge in [0.25, 0.3) is 0 Å². The first-order valence-electron chi connectivity index (χ1n) is 22.2. The Labute approximate surface area is 372 Å². The fourth-order valence-corrected chi connectivity index (χ4v) is 7.25. The number of hydrogen-bond donors (Lipinski definition) is 7. The summed E-state index contributed by atoms with van der Waals surface area (Å²) in [6.45, 7) is 15.5. The number of carbonyl (C=O) groups is 8. The Balaban J connectivity index is 2.13. The van der Waals surface area contributed by atoms with Crippen LogP contribution in [0.4, 0.5) is 0 Å². The third kappa shape index (κ3) is 15.5. The van der Waals surface area contributed by atoms with Crippen LogP contribution in [0.5, 0.6) is 0 Å². The predicted molar refractivity (Wildman–Crippen MR) is 240 cm³/mol. The quantitative estimate of drug-likeness (QED) is 0.177. The van der Waals surface area contributed by atoms with Crippen molar-refractivity contribution in [3.05, 3.63) is 71.8 Å². The van der Waals surface area contributed by atoms with Crippen LogP contribution < -0.4 is 37.2 Å². The van der Waals surface area contributed by atoms with E-state index in [0.717, 1.165) is 11.1 Å². The minimum absolute atomic E-state index is 0.0517. The average molecular weight is 875 g/mol. The Kier molecular flexibility index (Phi) is 20.2. The van der Waals surface area contributed by atoms with Crippen molar-refractivity contribution < 1.29 is 38.4 Å². The molecule has 1 aliphatic rings. The summed E-state index contributed by atoms with van der Waals surface area (Å²) in [6, 6.07) is 10.0. The summed E-state index contributed by atoms with van der Waals surface area (Å²) in [6.07, 6.45) is 1.27. The highest BCUT2D eigenvalue weighted by Gasteiger charge is 2.39. The second-order valence-electron chi connectivity index (χ2n) is 17.6. The van der Waals surface area contributed by atoms with Gasteiger partial charge in [-0.25, -0.2) is 0 Å². The molecule has 8 amide bonds. The third-order valence-corrected chi connectivity index (χ3v) is 11.7. The number of benzene rings is 2. The van der Waals surface area contributed by atoms with E-state index in [1.54, 1.807) is 76.2 Å². The van der Waals surface area contributed by atoms with Crippen molar-refractivity contribution in [1.29, 1.82) is 0 Å². The van der Waals surface area contributed by atoms with Crippen molar-refractivity contribution in [3.63, 3.8) is 0 Å². The molecule has 7 N–H and O–H groups in total. The van der Waals surface area contributed by atoms with Crippen LogP contribution in [0.25, 0.3) is 0 Å². The first kappa shape index (κ1) is 51.5. The van der Waals surface area contributed by atoms with Gasteiger partial charge in [0.05, 0.1) is 6.54 Å². The summed E-state index contributed by atoms with van der Waals surface area (Å²) in [5.74, 6) is -6.48. The lowest BCUT2D eigenvalue weighted by Gasteiger charge is -2.35. The largest absolute Gasteiger partial charge is 0.345 e. The number of rotatable bonds is 11. The van der Waals surface area contributed by atoms with Gasteiger partial charge in [0.15, 0.2) is 0 Å². The molecule has 0 unspecified atom stereocenters. The molecule has 2 aromatic rings. The smallest absolute Gasteiger partial charge is 0.245 e. The van der Waals surface area contributed by atoms with Gasteiger partial charge in [-0.3, -0.25) is 38.4 Å². The van der Waals surface area contributed by atoms with Gasteiger partial charge >= 0.3 is 0 Å². The molecular weight excluding hydrogens is 805 g/mol. The number of nitrogens with one attached hydrogen (secondary N) is 7. The molecule has 0 aromatic heterocycles. The van der Waals surface area contributed by atoms with Gasteiger partial charge in [-0.1, -0.05) is 129 Å². The molecule has 16 heteroatoms. The van der Waals surface area contributed by atoms with Gasteiger partial charge in [-0.2, -0.15) is 0 Å². The second-order valence-corrected chi connectivity index (χ2v) is 17.6. The summed E-state index contributed by atoms with van der Waals surface area (Å²) in [7, 11) is 1.48.